The Labute approximate surface area is 145 Å². The molecule has 1 unspecified atom stereocenters. The molecule has 0 aliphatic carbocycles. The van der Waals surface area contributed by atoms with Crippen LogP contribution in [0.3, 0.4) is 0 Å². The second kappa shape index (κ2) is 8.97. The fourth-order valence-corrected chi connectivity index (χ4v) is 3.15. The summed E-state index contributed by atoms with van der Waals surface area (Å²) in [5, 5.41) is 0. The number of hydrogen-bond acceptors (Lipinski definition) is 7. The molecule has 7 nitrogen and oxygen atoms in total. The maximum absolute atomic E-state index is 6.10. The van der Waals surface area contributed by atoms with Gasteiger partial charge in [0, 0.05) is 33.1 Å². The maximum atomic E-state index is 6.10. The van der Waals surface area contributed by atoms with Crippen molar-refractivity contribution in [2.24, 2.45) is 0 Å². The lowest BCUT2D eigenvalue weighted by atomic mass is 10.0. The van der Waals surface area contributed by atoms with Crippen LogP contribution in [-0.4, -0.2) is 69.4 Å². The average Bonchev–Trinajstić information content (AvgIpc) is 2.85. The molecule has 1 saturated heterocycles. The van der Waals surface area contributed by atoms with E-state index >= 15 is 0 Å². The molecule has 1 aromatic heterocycles. The average molecular weight is 362 g/mol. The van der Waals surface area contributed by atoms with Crippen molar-refractivity contribution in [3.8, 4) is 0 Å². The monoisotopic (exact) mass is 362 g/mol. The minimum Gasteiger partial charge on any atom is -0.382 e. The van der Waals surface area contributed by atoms with Gasteiger partial charge in [0.05, 0.1) is 19.8 Å². The lowest BCUT2D eigenvalue weighted by molar-refractivity contribution is -0.0659. The van der Waals surface area contributed by atoms with E-state index in [0.29, 0.717) is 29.2 Å². The fraction of sp³-hybridized carbons (Fsp3) is 0.714. The SMILES string of the molecule is COCCO[C@H]1C(OC)[C@@H](COC)O[C@H]1c1c[nH]c(=S)[nH]c1=S. The highest BCUT2D eigenvalue weighted by Gasteiger charge is 2.47. The largest absolute Gasteiger partial charge is 0.382 e. The van der Waals surface area contributed by atoms with Gasteiger partial charge in [0.15, 0.2) is 4.77 Å². The molecule has 0 aromatic carbocycles. The Balaban J connectivity index is 2.29. The minimum atomic E-state index is -0.382. The molecule has 0 amide bonds. The summed E-state index contributed by atoms with van der Waals surface area (Å²) < 4.78 is 28.9. The van der Waals surface area contributed by atoms with Crippen molar-refractivity contribution >= 4 is 24.4 Å². The van der Waals surface area contributed by atoms with Gasteiger partial charge >= 0.3 is 0 Å². The minimum absolute atomic E-state index is 0.250. The first-order chi connectivity index (χ1) is 11.1. The summed E-state index contributed by atoms with van der Waals surface area (Å²) in [5.41, 5.74) is 0.775. The molecule has 0 bridgehead atoms. The topological polar surface area (TPSA) is 77.7 Å². The molecule has 4 atom stereocenters. The number of aromatic amines is 2. The van der Waals surface area contributed by atoms with Crippen LogP contribution in [0.4, 0.5) is 0 Å². The van der Waals surface area contributed by atoms with Gasteiger partial charge in [0.2, 0.25) is 0 Å². The van der Waals surface area contributed by atoms with Gasteiger partial charge in [-0.15, -0.1) is 0 Å². The van der Waals surface area contributed by atoms with E-state index in [9.17, 15) is 0 Å². The van der Waals surface area contributed by atoms with Crippen molar-refractivity contribution in [1.29, 1.82) is 0 Å². The first kappa shape index (κ1) is 18.7. The van der Waals surface area contributed by atoms with Crippen molar-refractivity contribution in [2.45, 2.75) is 24.4 Å². The van der Waals surface area contributed by atoms with Gasteiger partial charge in [-0.25, -0.2) is 0 Å². The lowest BCUT2D eigenvalue weighted by Crippen LogP contribution is -2.37. The van der Waals surface area contributed by atoms with Crippen LogP contribution in [0.2, 0.25) is 0 Å². The Kier molecular flexibility index (Phi) is 7.28. The van der Waals surface area contributed by atoms with Crippen LogP contribution in [0, 0.1) is 9.41 Å². The number of ether oxygens (including phenoxy) is 5. The number of methoxy groups -OCH3 is 3. The summed E-state index contributed by atoms with van der Waals surface area (Å²) in [5.74, 6) is 0. The predicted octanol–water partition coefficient (Wildman–Crippen LogP) is 1.93. The highest BCUT2D eigenvalue weighted by Crippen LogP contribution is 2.37. The first-order valence-electron chi connectivity index (χ1n) is 7.22. The van der Waals surface area contributed by atoms with Crippen molar-refractivity contribution < 1.29 is 23.7 Å². The molecular weight excluding hydrogens is 340 g/mol. The fourth-order valence-electron chi connectivity index (χ4n) is 2.64. The molecule has 1 aromatic rings. The maximum Gasteiger partial charge on any atom is 0.175 e. The third-order valence-electron chi connectivity index (χ3n) is 3.67. The van der Waals surface area contributed by atoms with Gasteiger partial charge in [-0.3, -0.25) is 0 Å². The van der Waals surface area contributed by atoms with E-state index in [-0.39, 0.29) is 24.4 Å². The Morgan fingerprint density at radius 3 is 2.52 bits per heavy atom. The Morgan fingerprint density at radius 2 is 1.91 bits per heavy atom. The van der Waals surface area contributed by atoms with Gasteiger partial charge < -0.3 is 33.7 Å². The summed E-state index contributed by atoms with van der Waals surface area (Å²) in [7, 11) is 4.88. The Hall–Kier alpha value is -0.680. The predicted molar refractivity (Wildman–Crippen MR) is 88.7 cm³/mol. The van der Waals surface area contributed by atoms with E-state index in [1.807, 2.05) is 0 Å². The van der Waals surface area contributed by atoms with Crippen LogP contribution in [0.25, 0.3) is 0 Å². The van der Waals surface area contributed by atoms with Crippen LogP contribution < -0.4 is 0 Å². The molecular formula is C14H22N2O5S2. The zero-order chi connectivity index (χ0) is 16.8. The van der Waals surface area contributed by atoms with Crippen LogP contribution in [0.1, 0.15) is 11.7 Å². The molecule has 1 aliphatic rings. The molecule has 0 saturated carbocycles. The van der Waals surface area contributed by atoms with Crippen LogP contribution in [-0.2, 0) is 23.7 Å². The standard InChI is InChI=1S/C14H22N2O5S2/c1-17-4-5-20-12-10(8-6-15-14(23)16-13(8)22)21-9(7-18-2)11(12)19-3/h6,9-12H,4-5,7H2,1-3H3,(H2,15,16,22,23)/t9-,10+,11?,12-/m1/s1. The van der Waals surface area contributed by atoms with Crippen LogP contribution in [0.15, 0.2) is 6.20 Å². The molecule has 1 aliphatic heterocycles. The molecule has 1 fully saturated rings. The van der Waals surface area contributed by atoms with E-state index in [1.165, 1.54) is 0 Å². The molecule has 23 heavy (non-hydrogen) atoms. The van der Waals surface area contributed by atoms with E-state index < -0.39 is 0 Å². The highest BCUT2D eigenvalue weighted by molar-refractivity contribution is 7.72. The first-order valence-corrected chi connectivity index (χ1v) is 8.03. The van der Waals surface area contributed by atoms with Crippen molar-refractivity contribution in [2.75, 3.05) is 41.2 Å². The van der Waals surface area contributed by atoms with Crippen molar-refractivity contribution in [3.05, 3.63) is 21.2 Å². The van der Waals surface area contributed by atoms with Crippen molar-refractivity contribution in [3.63, 3.8) is 0 Å². The Bertz CT molecular complexity index is 605. The van der Waals surface area contributed by atoms with Crippen molar-refractivity contribution in [1.82, 2.24) is 9.97 Å². The quantitative estimate of drug-likeness (QED) is 0.540. The molecule has 2 rings (SSSR count). The lowest BCUT2D eigenvalue weighted by Gasteiger charge is -2.23. The molecule has 2 heterocycles. The molecule has 0 radical (unpaired) electrons. The van der Waals surface area contributed by atoms with Crippen LogP contribution >= 0.6 is 24.4 Å². The second-order valence-electron chi connectivity index (χ2n) is 5.11. The number of aromatic nitrogens is 2. The molecule has 130 valence electrons. The van der Waals surface area contributed by atoms with E-state index in [1.54, 1.807) is 27.5 Å². The normalized spacial score (nSPS) is 27.4. The summed E-state index contributed by atoms with van der Waals surface area (Å²) in [6, 6.07) is 0. The molecule has 0 spiro atoms. The number of hydrogen-bond donors (Lipinski definition) is 2. The summed E-state index contributed by atoms with van der Waals surface area (Å²) in [4.78, 5) is 5.87. The number of rotatable bonds is 8. The van der Waals surface area contributed by atoms with Gasteiger partial charge in [0.1, 0.15) is 29.1 Å². The molecule has 9 heteroatoms. The van der Waals surface area contributed by atoms with Gasteiger partial charge in [-0.1, -0.05) is 12.2 Å². The van der Waals surface area contributed by atoms with E-state index in [2.05, 4.69) is 9.97 Å². The number of nitrogens with one attached hydrogen (secondary N) is 2. The van der Waals surface area contributed by atoms with Gasteiger partial charge in [0.25, 0.3) is 0 Å². The summed E-state index contributed by atoms with van der Waals surface area (Å²) in [6.07, 6.45) is 0.525. The van der Waals surface area contributed by atoms with Gasteiger partial charge in [-0.2, -0.15) is 0 Å². The third-order valence-corrected chi connectivity index (χ3v) is 4.22. The summed E-state index contributed by atoms with van der Waals surface area (Å²) in [6.45, 7) is 1.32. The Morgan fingerprint density at radius 1 is 1.13 bits per heavy atom. The number of H-pyrrole nitrogens is 2. The molecule has 2 N–H and O–H groups in total. The highest BCUT2D eigenvalue weighted by atomic mass is 32.1. The smallest absolute Gasteiger partial charge is 0.175 e. The van der Waals surface area contributed by atoms with E-state index in [4.69, 9.17) is 48.1 Å². The third kappa shape index (κ3) is 4.44. The van der Waals surface area contributed by atoms with E-state index in [0.717, 1.165) is 5.56 Å². The van der Waals surface area contributed by atoms with Crippen LogP contribution in [0.5, 0.6) is 0 Å². The second-order valence-corrected chi connectivity index (χ2v) is 5.92. The zero-order valence-corrected chi connectivity index (χ0v) is 15.0. The summed E-state index contributed by atoms with van der Waals surface area (Å²) >= 11 is 10.4. The zero-order valence-electron chi connectivity index (χ0n) is 13.4. The van der Waals surface area contributed by atoms with Gasteiger partial charge in [-0.05, 0) is 12.2 Å².